The summed E-state index contributed by atoms with van der Waals surface area (Å²) in [4.78, 5) is 40.3. The van der Waals surface area contributed by atoms with Crippen LogP contribution in [0.5, 0.6) is 0 Å². The van der Waals surface area contributed by atoms with Crippen LogP contribution in [0.1, 0.15) is 52.7 Å². The zero-order valence-corrected chi connectivity index (χ0v) is 21.1. The van der Waals surface area contributed by atoms with Crippen LogP contribution in [-0.2, 0) is 11.0 Å². The van der Waals surface area contributed by atoms with Gasteiger partial charge in [0.1, 0.15) is 11.6 Å². The Morgan fingerprint density at radius 2 is 1.87 bits per heavy atom. The van der Waals surface area contributed by atoms with E-state index in [1.54, 1.807) is 35.4 Å². The molecule has 0 saturated carbocycles. The van der Waals surface area contributed by atoms with Crippen molar-refractivity contribution in [2.45, 2.75) is 38.4 Å². The van der Waals surface area contributed by atoms with E-state index in [1.807, 2.05) is 17.5 Å². The first-order valence-electron chi connectivity index (χ1n) is 12.4. The first kappa shape index (κ1) is 26.1. The van der Waals surface area contributed by atoms with Gasteiger partial charge in [-0.2, -0.15) is 13.2 Å². The largest absolute Gasteiger partial charge is 0.416 e. The average Bonchev–Trinajstić information content (AvgIpc) is 3.33. The molecule has 200 valence electrons. The molecule has 1 aliphatic rings. The highest BCUT2D eigenvalue weighted by molar-refractivity contribution is 6.04. The maximum Gasteiger partial charge on any atom is 0.416 e. The fourth-order valence-corrected chi connectivity index (χ4v) is 4.88. The summed E-state index contributed by atoms with van der Waals surface area (Å²) in [5.74, 6) is -0.217. The number of aromatic nitrogens is 4. The van der Waals surface area contributed by atoms with Gasteiger partial charge in [0, 0.05) is 36.3 Å². The molecule has 1 saturated heterocycles. The van der Waals surface area contributed by atoms with Crippen molar-refractivity contribution in [1.29, 1.82) is 0 Å². The number of nitrogens with one attached hydrogen (secondary N) is 1. The Hall–Kier alpha value is -4.54. The Kier molecular flexibility index (Phi) is 6.90. The highest BCUT2D eigenvalue weighted by Gasteiger charge is 2.32. The third-order valence-corrected chi connectivity index (χ3v) is 6.77. The molecule has 4 heterocycles. The third-order valence-electron chi connectivity index (χ3n) is 6.77. The van der Waals surface area contributed by atoms with Gasteiger partial charge in [-0.25, -0.2) is 9.97 Å². The van der Waals surface area contributed by atoms with E-state index in [0.717, 1.165) is 60.2 Å². The molecule has 0 aliphatic carbocycles. The second kappa shape index (κ2) is 10.3. The number of anilines is 1. The SMILES string of the molecule is C=CC(=O)N1CCCC[C@H]1c1nc(-c2ccc(C(=O)Nc3cc(C(F)(F)F)ccn3)cc2)c2c(C)nccn12. The monoisotopic (exact) mass is 534 g/mol. The van der Waals surface area contributed by atoms with Gasteiger partial charge < -0.3 is 10.2 Å². The van der Waals surface area contributed by atoms with Crippen molar-refractivity contribution in [2.24, 2.45) is 0 Å². The number of nitrogens with zero attached hydrogens (tertiary/aromatic N) is 5. The number of benzene rings is 1. The topological polar surface area (TPSA) is 92.5 Å². The van der Waals surface area contributed by atoms with Crippen molar-refractivity contribution in [3.8, 4) is 11.3 Å². The lowest BCUT2D eigenvalue weighted by Gasteiger charge is -2.34. The molecule has 1 N–H and O–H groups in total. The summed E-state index contributed by atoms with van der Waals surface area (Å²) < 4.78 is 40.9. The van der Waals surface area contributed by atoms with Gasteiger partial charge in [-0.3, -0.25) is 19.0 Å². The normalized spacial score (nSPS) is 15.8. The number of imidazole rings is 1. The Balaban J connectivity index is 1.47. The number of alkyl halides is 3. The van der Waals surface area contributed by atoms with Crippen LogP contribution in [0.2, 0.25) is 0 Å². The van der Waals surface area contributed by atoms with Crippen LogP contribution >= 0.6 is 0 Å². The summed E-state index contributed by atoms with van der Waals surface area (Å²) in [6.07, 6.45) is 3.92. The molecule has 8 nitrogen and oxygen atoms in total. The second-order valence-electron chi connectivity index (χ2n) is 9.26. The lowest BCUT2D eigenvalue weighted by atomic mass is 10.0. The summed E-state index contributed by atoms with van der Waals surface area (Å²) in [7, 11) is 0. The van der Waals surface area contributed by atoms with E-state index in [9.17, 15) is 22.8 Å². The molecule has 2 amide bonds. The average molecular weight is 535 g/mol. The lowest BCUT2D eigenvalue weighted by molar-refractivity contribution is -0.137. The molecule has 1 aromatic carbocycles. The number of carbonyl (C=O) groups is 2. The number of aryl methyl sites for hydroxylation is 1. The number of piperidine rings is 1. The molecule has 0 radical (unpaired) electrons. The van der Waals surface area contributed by atoms with Gasteiger partial charge in [0.25, 0.3) is 5.91 Å². The second-order valence-corrected chi connectivity index (χ2v) is 9.26. The number of halogens is 3. The van der Waals surface area contributed by atoms with Crippen LogP contribution < -0.4 is 5.32 Å². The van der Waals surface area contributed by atoms with E-state index in [2.05, 4.69) is 21.9 Å². The number of amides is 2. The molecular formula is C28H25F3N6O2. The standard InChI is InChI=1S/C28H25F3N6O2/c1-3-23(38)36-14-5-4-6-21(36)26-35-24(25-17(2)32-13-15-37(25)26)18-7-9-19(10-8-18)27(39)34-22-16-20(11-12-33-22)28(29,30)31/h3,7-13,15-16,21H,1,4-6,14H2,2H3,(H,33,34,39)/t21-/m0/s1. The summed E-state index contributed by atoms with van der Waals surface area (Å²) in [5, 5.41) is 2.41. The molecule has 11 heteroatoms. The smallest absolute Gasteiger partial charge is 0.329 e. The zero-order valence-electron chi connectivity index (χ0n) is 21.1. The van der Waals surface area contributed by atoms with Crippen molar-refractivity contribution in [1.82, 2.24) is 24.3 Å². The van der Waals surface area contributed by atoms with Gasteiger partial charge in [-0.15, -0.1) is 0 Å². The molecule has 1 atom stereocenters. The van der Waals surface area contributed by atoms with Crippen molar-refractivity contribution in [3.05, 3.63) is 90.3 Å². The van der Waals surface area contributed by atoms with Crippen molar-refractivity contribution < 1.29 is 22.8 Å². The molecule has 4 aromatic rings. The molecular weight excluding hydrogens is 509 g/mol. The van der Waals surface area contributed by atoms with Crippen LogP contribution in [0.4, 0.5) is 19.0 Å². The molecule has 39 heavy (non-hydrogen) atoms. The third kappa shape index (κ3) is 5.12. The zero-order chi connectivity index (χ0) is 27.7. The molecule has 0 unspecified atom stereocenters. The minimum Gasteiger partial charge on any atom is -0.329 e. The minimum atomic E-state index is -4.54. The fraction of sp³-hybridized carbons (Fsp3) is 0.250. The fourth-order valence-electron chi connectivity index (χ4n) is 4.88. The lowest BCUT2D eigenvalue weighted by Crippen LogP contribution is -2.38. The van der Waals surface area contributed by atoms with E-state index in [4.69, 9.17) is 4.98 Å². The molecule has 0 bridgehead atoms. The van der Waals surface area contributed by atoms with Crippen LogP contribution in [0.25, 0.3) is 16.8 Å². The highest BCUT2D eigenvalue weighted by Crippen LogP contribution is 2.35. The summed E-state index contributed by atoms with van der Waals surface area (Å²) >= 11 is 0. The molecule has 5 rings (SSSR count). The van der Waals surface area contributed by atoms with Gasteiger partial charge in [0.2, 0.25) is 5.91 Å². The summed E-state index contributed by atoms with van der Waals surface area (Å²) in [6.45, 7) is 6.14. The predicted molar refractivity (Wildman–Crippen MR) is 139 cm³/mol. The van der Waals surface area contributed by atoms with Crippen molar-refractivity contribution >= 4 is 23.1 Å². The summed E-state index contributed by atoms with van der Waals surface area (Å²) in [6, 6.07) is 7.99. The number of hydrogen-bond donors (Lipinski definition) is 1. The molecule has 1 fully saturated rings. The van der Waals surface area contributed by atoms with Gasteiger partial charge in [-0.1, -0.05) is 18.7 Å². The Labute approximate surface area is 222 Å². The van der Waals surface area contributed by atoms with E-state index in [0.29, 0.717) is 12.2 Å². The van der Waals surface area contributed by atoms with Crippen molar-refractivity contribution in [2.75, 3.05) is 11.9 Å². The number of pyridine rings is 1. The number of hydrogen-bond acceptors (Lipinski definition) is 5. The van der Waals surface area contributed by atoms with E-state index < -0.39 is 17.6 Å². The summed E-state index contributed by atoms with van der Waals surface area (Å²) in [5.41, 5.74) is 2.25. The van der Waals surface area contributed by atoms with E-state index in [1.165, 1.54) is 6.08 Å². The molecule has 3 aromatic heterocycles. The van der Waals surface area contributed by atoms with Crippen molar-refractivity contribution in [3.63, 3.8) is 0 Å². The number of rotatable bonds is 5. The Morgan fingerprint density at radius 1 is 1.10 bits per heavy atom. The van der Waals surface area contributed by atoms with Gasteiger partial charge >= 0.3 is 6.18 Å². The van der Waals surface area contributed by atoms with Gasteiger partial charge in [0.05, 0.1) is 28.5 Å². The first-order chi connectivity index (χ1) is 18.7. The van der Waals surface area contributed by atoms with Gasteiger partial charge in [0.15, 0.2) is 0 Å². The number of likely N-dealkylation sites (tertiary alicyclic amines) is 1. The highest BCUT2D eigenvalue weighted by atomic mass is 19.4. The Morgan fingerprint density at radius 3 is 2.59 bits per heavy atom. The van der Waals surface area contributed by atoms with E-state index in [-0.39, 0.29) is 23.3 Å². The number of fused-ring (bicyclic) bond motifs is 1. The van der Waals surface area contributed by atoms with Crippen LogP contribution in [0.15, 0.2) is 67.6 Å². The van der Waals surface area contributed by atoms with E-state index >= 15 is 0 Å². The molecule has 1 aliphatic heterocycles. The van der Waals surface area contributed by atoms with Gasteiger partial charge in [-0.05, 0) is 56.5 Å². The maximum atomic E-state index is 13.0. The predicted octanol–water partition coefficient (Wildman–Crippen LogP) is 5.61. The minimum absolute atomic E-state index is 0.144. The van der Waals surface area contributed by atoms with Crippen LogP contribution in [-0.4, -0.2) is 42.6 Å². The maximum absolute atomic E-state index is 13.0. The van der Waals surface area contributed by atoms with Crippen LogP contribution in [0.3, 0.4) is 0 Å². The Bertz CT molecular complexity index is 1560. The number of carbonyl (C=O) groups excluding carboxylic acids is 2. The quantitative estimate of drug-likeness (QED) is 0.336. The van der Waals surface area contributed by atoms with Crippen LogP contribution in [0, 0.1) is 6.92 Å². The first-order valence-corrected chi connectivity index (χ1v) is 12.4. The molecule has 0 spiro atoms.